The normalized spacial score (nSPS) is 17.3. The van der Waals surface area contributed by atoms with Crippen LogP contribution in [0.25, 0.3) is 0 Å². The fraction of sp³-hybridized carbons (Fsp3) is 0.588. The summed E-state index contributed by atoms with van der Waals surface area (Å²) in [7, 11) is -1.97. The fourth-order valence-corrected chi connectivity index (χ4v) is 3.84. The third-order valence-corrected chi connectivity index (χ3v) is 5.88. The van der Waals surface area contributed by atoms with Gasteiger partial charge in [0, 0.05) is 46.4 Å². The molecular weight excluding hydrogens is 356 g/mol. The van der Waals surface area contributed by atoms with Gasteiger partial charge in [-0.3, -0.25) is 9.69 Å². The Morgan fingerprint density at radius 1 is 1.23 bits per heavy atom. The predicted molar refractivity (Wildman–Crippen MR) is 99.2 cm³/mol. The lowest BCUT2D eigenvalue weighted by molar-refractivity contribution is -0.135. The molecular formula is C17H28N4O4S. The van der Waals surface area contributed by atoms with Crippen molar-refractivity contribution in [2.24, 2.45) is 5.73 Å². The zero-order chi connectivity index (χ0) is 19.2. The second-order valence-electron chi connectivity index (χ2n) is 6.44. The van der Waals surface area contributed by atoms with E-state index in [0.29, 0.717) is 39.3 Å². The van der Waals surface area contributed by atoms with Crippen LogP contribution in [-0.2, 0) is 19.6 Å². The molecule has 1 aromatic carbocycles. The molecule has 1 fully saturated rings. The molecule has 0 aromatic heterocycles. The summed E-state index contributed by atoms with van der Waals surface area (Å²) in [6.07, 6.45) is 0. The minimum atomic E-state index is -3.49. The number of aryl methyl sites for hydroxylation is 1. The number of rotatable bonds is 8. The van der Waals surface area contributed by atoms with Gasteiger partial charge in [-0.05, 0) is 19.1 Å². The number of amides is 1. The monoisotopic (exact) mass is 384 g/mol. The molecule has 1 unspecified atom stereocenters. The van der Waals surface area contributed by atoms with Crippen LogP contribution < -0.4 is 10.5 Å². The van der Waals surface area contributed by atoms with Crippen LogP contribution in [0.4, 0.5) is 0 Å². The summed E-state index contributed by atoms with van der Waals surface area (Å²) in [5, 5.41) is 0. The summed E-state index contributed by atoms with van der Waals surface area (Å²) >= 11 is 0. The van der Waals surface area contributed by atoms with Crippen LogP contribution in [0.1, 0.15) is 5.56 Å². The van der Waals surface area contributed by atoms with Crippen LogP contribution in [0.3, 0.4) is 0 Å². The molecule has 0 spiro atoms. The number of nitrogens with one attached hydrogen (secondary N) is 1. The number of hydrogen-bond acceptors (Lipinski definition) is 6. The molecule has 146 valence electrons. The molecule has 26 heavy (non-hydrogen) atoms. The number of carbonyl (C=O) groups excluding carboxylic acids is 1. The zero-order valence-corrected chi connectivity index (χ0v) is 16.2. The van der Waals surface area contributed by atoms with Crippen LogP contribution in [0, 0.1) is 6.92 Å². The molecule has 9 heteroatoms. The summed E-state index contributed by atoms with van der Waals surface area (Å²) in [6, 6.07) is 6.13. The molecule has 1 aliphatic heterocycles. The highest BCUT2D eigenvalue weighted by molar-refractivity contribution is 7.89. The SMILES string of the molecule is COCC(N)C(=O)N1CCN(CCNS(=O)(=O)c2ccc(C)cc2)CC1. The van der Waals surface area contributed by atoms with Gasteiger partial charge in [0.1, 0.15) is 6.04 Å². The Morgan fingerprint density at radius 3 is 2.42 bits per heavy atom. The Bertz CT molecular complexity index is 685. The third kappa shape index (κ3) is 5.75. The van der Waals surface area contributed by atoms with Gasteiger partial charge in [-0.1, -0.05) is 17.7 Å². The maximum Gasteiger partial charge on any atom is 0.241 e. The van der Waals surface area contributed by atoms with Crippen molar-refractivity contribution in [3.63, 3.8) is 0 Å². The number of sulfonamides is 1. The van der Waals surface area contributed by atoms with Crippen LogP contribution in [0.2, 0.25) is 0 Å². The van der Waals surface area contributed by atoms with E-state index < -0.39 is 16.1 Å². The molecule has 8 nitrogen and oxygen atoms in total. The Kier molecular flexibility index (Phi) is 7.54. The highest BCUT2D eigenvalue weighted by Gasteiger charge is 2.25. The number of carbonyl (C=O) groups is 1. The second-order valence-corrected chi connectivity index (χ2v) is 8.21. The fourth-order valence-electron chi connectivity index (χ4n) is 2.82. The topological polar surface area (TPSA) is 105 Å². The Morgan fingerprint density at radius 2 is 1.85 bits per heavy atom. The van der Waals surface area contributed by atoms with E-state index in [1.165, 1.54) is 7.11 Å². The van der Waals surface area contributed by atoms with Gasteiger partial charge in [0.25, 0.3) is 0 Å². The number of hydrogen-bond donors (Lipinski definition) is 2. The lowest BCUT2D eigenvalue weighted by atomic mass is 10.2. The van der Waals surface area contributed by atoms with Crippen molar-refractivity contribution in [1.29, 1.82) is 0 Å². The quantitative estimate of drug-likeness (QED) is 0.620. The van der Waals surface area contributed by atoms with E-state index in [9.17, 15) is 13.2 Å². The zero-order valence-electron chi connectivity index (χ0n) is 15.3. The molecule has 1 atom stereocenters. The molecule has 2 rings (SSSR count). The lowest BCUT2D eigenvalue weighted by Crippen LogP contribution is -2.54. The summed E-state index contributed by atoms with van der Waals surface area (Å²) in [6.45, 7) is 5.60. The number of nitrogens with zero attached hydrogens (tertiary/aromatic N) is 2. The van der Waals surface area contributed by atoms with Crippen LogP contribution in [0.15, 0.2) is 29.2 Å². The van der Waals surface area contributed by atoms with Crippen molar-refractivity contribution in [3.8, 4) is 0 Å². The standard InChI is InChI=1S/C17H28N4O4S/c1-14-3-5-15(6-4-14)26(23,24)19-7-8-20-9-11-21(12-10-20)17(22)16(18)13-25-2/h3-6,16,19H,7-13,18H2,1-2H3. The van der Waals surface area contributed by atoms with E-state index in [-0.39, 0.29) is 17.4 Å². The van der Waals surface area contributed by atoms with Crippen molar-refractivity contribution in [1.82, 2.24) is 14.5 Å². The van der Waals surface area contributed by atoms with Gasteiger partial charge >= 0.3 is 0 Å². The lowest BCUT2D eigenvalue weighted by Gasteiger charge is -2.35. The molecule has 0 saturated carbocycles. The molecule has 1 aromatic rings. The average Bonchev–Trinajstić information content (AvgIpc) is 2.62. The van der Waals surface area contributed by atoms with Crippen LogP contribution >= 0.6 is 0 Å². The van der Waals surface area contributed by atoms with E-state index in [1.807, 2.05) is 6.92 Å². The Hall–Kier alpha value is -1.52. The van der Waals surface area contributed by atoms with Crippen molar-refractivity contribution in [2.45, 2.75) is 17.9 Å². The largest absolute Gasteiger partial charge is 0.383 e. The van der Waals surface area contributed by atoms with Gasteiger partial charge in [-0.15, -0.1) is 0 Å². The molecule has 1 aliphatic rings. The molecule has 0 aliphatic carbocycles. The highest BCUT2D eigenvalue weighted by Crippen LogP contribution is 2.10. The van der Waals surface area contributed by atoms with Gasteiger partial charge in [-0.25, -0.2) is 13.1 Å². The van der Waals surface area contributed by atoms with Crippen LogP contribution in [0.5, 0.6) is 0 Å². The maximum absolute atomic E-state index is 12.3. The first-order valence-electron chi connectivity index (χ1n) is 8.65. The average molecular weight is 385 g/mol. The number of ether oxygens (including phenoxy) is 1. The summed E-state index contributed by atoms with van der Waals surface area (Å²) in [4.78, 5) is 16.3. The first-order chi connectivity index (χ1) is 12.3. The maximum atomic E-state index is 12.3. The van der Waals surface area contributed by atoms with E-state index in [1.54, 1.807) is 29.2 Å². The Balaban J connectivity index is 1.75. The second kappa shape index (κ2) is 9.43. The molecule has 0 bridgehead atoms. The minimum Gasteiger partial charge on any atom is -0.383 e. The predicted octanol–water partition coefficient (Wildman–Crippen LogP) is -0.609. The van der Waals surface area contributed by atoms with E-state index in [2.05, 4.69) is 9.62 Å². The molecule has 1 heterocycles. The number of piperazine rings is 1. The first kappa shape index (κ1) is 20.8. The van der Waals surface area contributed by atoms with Crippen molar-refractivity contribution >= 4 is 15.9 Å². The smallest absolute Gasteiger partial charge is 0.241 e. The number of nitrogens with two attached hydrogens (primary N) is 1. The van der Waals surface area contributed by atoms with Crippen molar-refractivity contribution in [3.05, 3.63) is 29.8 Å². The van der Waals surface area contributed by atoms with Gasteiger partial charge < -0.3 is 15.4 Å². The van der Waals surface area contributed by atoms with E-state index in [4.69, 9.17) is 10.5 Å². The third-order valence-electron chi connectivity index (χ3n) is 4.40. The molecule has 3 N–H and O–H groups in total. The van der Waals surface area contributed by atoms with E-state index in [0.717, 1.165) is 5.56 Å². The van der Waals surface area contributed by atoms with Gasteiger partial charge in [0.05, 0.1) is 11.5 Å². The molecule has 1 saturated heterocycles. The summed E-state index contributed by atoms with van der Waals surface area (Å²) in [5.41, 5.74) is 6.79. The van der Waals surface area contributed by atoms with Gasteiger partial charge in [-0.2, -0.15) is 0 Å². The van der Waals surface area contributed by atoms with E-state index >= 15 is 0 Å². The highest BCUT2D eigenvalue weighted by atomic mass is 32.2. The first-order valence-corrected chi connectivity index (χ1v) is 10.1. The number of methoxy groups -OCH3 is 1. The summed E-state index contributed by atoms with van der Waals surface area (Å²) in [5.74, 6) is -0.105. The van der Waals surface area contributed by atoms with Crippen LogP contribution in [-0.4, -0.2) is 83.2 Å². The van der Waals surface area contributed by atoms with Gasteiger partial charge in [0.2, 0.25) is 15.9 Å². The van der Waals surface area contributed by atoms with Crippen molar-refractivity contribution in [2.75, 3.05) is 53.0 Å². The molecule has 0 radical (unpaired) electrons. The summed E-state index contributed by atoms with van der Waals surface area (Å²) < 4.78 is 32.1. The Labute approximate surface area is 155 Å². The van der Waals surface area contributed by atoms with Crippen molar-refractivity contribution < 1.29 is 17.9 Å². The van der Waals surface area contributed by atoms with Gasteiger partial charge in [0.15, 0.2) is 0 Å². The minimum absolute atomic E-state index is 0.105. The molecule has 1 amide bonds. The number of benzene rings is 1.